The van der Waals surface area contributed by atoms with Crippen molar-refractivity contribution in [1.29, 1.82) is 0 Å². The van der Waals surface area contributed by atoms with Crippen LogP contribution in [-0.2, 0) is 6.54 Å². The molecule has 1 aromatic rings. The molecule has 0 aliphatic carbocycles. The molecule has 0 saturated carbocycles. The van der Waals surface area contributed by atoms with Gasteiger partial charge in [0.25, 0.3) is 0 Å². The van der Waals surface area contributed by atoms with Crippen LogP contribution in [0.4, 0.5) is 0 Å². The molecule has 0 atom stereocenters. The topological polar surface area (TPSA) is 46.9 Å². The predicted molar refractivity (Wildman–Crippen MR) is 76.9 cm³/mol. The number of hydrogen-bond acceptors (Lipinski definition) is 3. The normalized spacial score (nSPS) is 11.8. The summed E-state index contributed by atoms with van der Waals surface area (Å²) in [4.78, 5) is 12.2. The van der Waals surface area contributed by atoms with E-state index in [2.05, 4.69) is 54.0 Å². The number of hydrogen-bond donors (Lipinski definition) is 1. The minimum atomic E-state index is 0.0428. The van der Waals surface area contributed by atoms with Crippen LogP contribution in [0.5, 0.6) is 0 Å². The van der Waals surface area contributed by atoms with Gasteiger partial charge in [-0.25, -0.2) is 0 Å². The number of carbonyl (C=O) groups is 1. The number of Topliss-reactive ketones (excluding diaryl/α,β-unsaturated/α-hetero) is 1. The summed E-state index contributed by atoms with van der Waals surface area (Å²) >= 11 is 3.39. The van der Waals surface area contributed by atoms with Crippen LogP contribution < -0.4 is 5.32 Å². The molecule has 0 amide bonds. The molecular formula is C13H22BrN3O. The average molecular weight is 316 g/mol. The van der Waals surface area contributed by atoms with Gasteiger partial charge in [0.2, 0.25) is 0 Å². The molecule has 1 rings (SSSR count). The highest BCUT2D eigenvalue weighted by Crippen LogP contribution is 2.18. The van der Waals surface area contributed by atoms with E-state index in [9.17, 15) is 4.79 Å². The lowest BCUT2D eigenvalue weighted by Crippen LogP contribution is -2.37. The summed E-state index contributed by atoms with van der Waals surface area (Å²) in [6.07, 6.45) is 3.15. The van der Waals surface area contributed by atoms with Crippen LogP contribution in [-0.4, -0.2) is 27.6 Å². The van der Waals surface area contributed by atoms with E-state index < -0.39 is 0 Å². The number of carbonyl (C=O) groups excluding carboxylic acids is 1. The maximum atomic E-state index is 12.2. The molecule has 0 unspecified atom stereocenters. The van der Waals surface area contributed by atoms with E-state index in [0.29, 0.717) is 18.7 Å². The van der Waals surface area contributed by atoms with Crippen molar-refractivity contribution in [3.8, 4) is 0 Å². The van der Waals surface area contributed by atoms with E-state index in [1.807, 2.05) is 0 Å². The third-order valence-electron chi connectivity index (χ3n) is 2.50. The van der Waals surface area contributed by atoms with Crippen molar-refractivity contribution in [3.05, 3.63) is 16.4 Å². The molecule has 1 heterocycles. The molecule has 0 spiro atoms. The van der Waals surface area contributed by atoms with Crippen molar-refractivity contribution in [2.75, 3.05) is 6.54 Å². The molecule has 1 aromatic heterocycles. The summed E-state index contributed by atoms with van der Waals surface area (Å²) in [6.45, 7) is 9.81. The Labute approximate surface area is 117 Å². The third kappa shape index (κ3) is 4.53. The quantitative estimate of drug-likeness (QED) is 0.821. The van der Waals surface area contributed by atoms with Crippen LogP contribution in [0.15, 0.2) is 10.7 Å². The van der Waals surface area contributed by atoms with E-state index in [1.54, 1.807) is 10.9 Å². The monoisotopic (exact) mass is 315 g/mol. The van der Waals surface area contributed by atoms with Gasteiger partial charge in [0, 0.05) is 25.0 Å². The second kappa shape index (κ2) is 6.48. The molecular weight excluding hydrogens is 294 g/mol. The fourth-order valence-corrected chi connectivity index (χ4v) is 2.21. The second-order valence-corrected chi connectivity index (χ2v) is 6.27. The van der Waals surface area contributed by atoms with Crippen LogP contribution in [0, 0.1) is 0 Å². The number of rotatable bonds is 6. The molecule has 18 heavy (non-hydrogen) atoms. The molecule has 102 valence electrons. The highest BCUT2D eigenvalue weighted by atomic mass is 79.9. The zero-order valence-electron chi connectivity index (χ0n) is 11.6. The maximum Gasteiger partial charge on any atom is 0.183 e. The van der Waals surface area contributed by atoms with Gasteiger partial charge in [0.1, 0.15) is 5.69 Å². The minimum Gasteiger partial charge on any atom is -0.312 e. The summed E-state index contributed by atoms with van der Waals surface area (Å²) in [5.41, 5.74) is 0.730. The summed E-state index contributed by atoms with van der Waals surface area (Å²) in [5, 5.41) is 7.53. The van der Waals surface area contributed by atoms with Crippen LogP contribution in [0.3, 0.4) is 0 Å². The Kier molecular flexibility index (Phi) is 5.53. The van der Waals surface area contributed by atoms with Crippen LogP contribution >= 0.6 is 15.9 Å². The van der Waals surface area contributed by atoms with E-state index in [4.69, 9.17) is 0 Å². The second-order valence-electron chi connectivity index (χ2n) is 5.41. The van der Waals surface area contributed by atoms with Crippen molar-refractivity contribution >= 4 is 21.7 Å². The summed E-state index contributed by atoms with van der Waals surface area (Å²) in [5.74, 6) is 0.129. The lowest BCUT2D eigenvalue weighted by Gasteiger charge is -2.20. The first-order valence-electron chi connectivity index (χ1n) is 6.34. The first-order valence-corrected chi connectivity index (χ1v) is 7.14. The largest absolute Gasteiger partial charge is 0.312 e. The highest BCUT2D eigenvalue weighted by molar-refractivity contribution is 9.10. The molecule has 0 fully saturated rings. The summed E-state index contributed by atoms with van der Waals surface area (Å²) in [7, 11) is 0. The molecule has 0 saturated heterocycles. The Morgan fingerprint density at radius 2 is 2.17 bits per heavy atom. The highest BCUT2D eigenvalue weighted by Gasteiger charge is 2.17. The van der Waals surface area contributed by atoms with Gasteiger partial charge < -0.3 is 5.32 Å². The van der Waals surface area contributed by atoms with Crippen LogP contribution in [0.25, 0.3) is 0 Å². The number of halogens is 1. The van der Waals surface area contributed by atoms with Crippen LogP contribution in [0.1, 0.15) is 51.0 Å². The molecule has 5 heteroatoms. The van der Waals surface area contributed by atoms with Gasteiger partial charge in [-0.15, -0.1) is 0 Å². The summed E-state index contributed by atoms with van der Waals surface area (Å²) in [6, 6.07) is 0. The van der Waals surface area contributed by atoms with E-state index in [-0.39, 0.29) is 11.3 Å². The fraction of sp³-hybridized carbons (Fsp3) is 0.692. The Balaban J connectivity index is 2.63. The minimum absolute atomic E-state index is 0.0428. The first-order chi connectivity index (χ1) is 8.35. The average Bonchev–Trinajstić information content (AvgIpc) is 2.58. The Morgan fingerprint density at radius 1 is 1.50 bits per heavy atom. The van der Waals surface area contributed by atoms with Crippen molar-refractivity contribution in [2.24, 2.45) is 0 Å². The molecule has 1 N–H and O–H groups in total. The Morgan fingerprint density at radius 3 is 2.72 bits per heavy atom. The smallest absolute Gasteiger partial charge is 0.183 e. The standard InChI is InChI=1S/C13H22BrN3O/c1-5-8-17-12(10(14)9-16-17)11(18)6-7-15-13(2,3)4/h9,15H,5-8H2,1-4H3. The zero-order valence-corrected chi connectivity index (χ0v) is 13.2. The predicted octanol–water partition coefficient (Wildman–Crippen LogP) is 3.02. The van der Waals surface area contributed by atoms with Crippen molar-refractivity contribution < 1.29 is 4.79 Å². The molecule has 0 aliphatic heterocycles. The van der Waals surface area contributed by atoms with Gasteiger partial charge in [-0.1, -0.05) is 6.92 Å². The molecule has 0 radical (unpaired) electrons. The molecule has 4 nitrogen and oxygen atoms in total. The van der Waals surface area contributed by atoms with Gasteiger partial charge in [0.15, 0.2) is 5.78 Å². The van der Waals surface area contributed by atoms with E-state index in [0.717, 1.165) is 17.4 Å². The number of nitrogens with one attached hydrogen (secondary N) is 1. The summed E-state index contributed by atoms with van der Waals surface area (Å²) < 4.78 is 2.57. The van der Waals surface area contributed by atoms with Crippen molar-refractivity contribution in [1.82, 2.24) is 15.1 Å². The lowest BCUT2D eigenvalue weighted by molar-refractivity contribution is 0.0969. The number of aromatic nitrogens is 2. The van der Waals surface area contributed by atoms with Crippen molar-refractivity contribution in [3.63, 3.8) is 0 Å². The van der Waals surface area contributed by atoms with Gasteiger partial charge in [-0.05, 0) is 43.1 Å². The Bertz CT molecular complexity index is 407. The number of ketones is 1. The van der Waals surface area contributed by atoms with E-state index in [1.165, 1.54) is 0 Å². The molecule has 0 bridgehead atoms. The maximum absolute atomic E-state index is 12.2. The zero-order chi connectivity index (χ0) is 13.8. The third-order valence-corrected chi connectivity index (χ3v) is 3.08. The molecule has 0 aromatic carbocycles. The van der Waals surface area contributed by atoms with Gasteiger partial charge in [-0.2, -0.15) is 5.10 Å². The van der Waals surface area contributed by atoms with Crippen molar-refractivity contribution in [2.45, 2.75) is 52.6 Å². The Hall–Kier alpha value is -0.680. The van der Waals surface area contributed by atoms with Gasteiger partial charge in [-0.3, -0.25) is 9.48 Å². The van der Waals surface area contributed by atoms with Gasteiger partial charge >= 0.3 is 0 Å². The number of nitrogens with zero attached hydrogens (tertiary/aromatic N) is 2. The molecule has 0 aliphatic rings. The fourth-order valence-electron chi connectivity index (χ4n) is 1.69. The van der Waals surface area contributed by atoms with E-state index >= 15 is 0 Å². The first kappa shape index (κ1) is 15.4. The SMILES string of the molecule is CCCn1ncc(Br)c1C(=O)CCNC(C)(C)C. The van der Waals surface area contributed by atoms with Gasteiger partial charge in [0.05, 0.1) is 10.7 Å². The lowest BCUT2D eigenvalue weighted by atomic mass is 10.1. The number of aryl methyl sites for hydroxylation is 1. The van der Waals surface area contributed by atoms with Crippen LogP contribution in [0.2, 0.25) is 0 Å².